The second kappa shape index (κ2) is 7.13. The van der Waals surface area contributed by atoms with E-state index in [1.807, 2.05) is 0 Å². The molecular formula is C18H23F3N2O. The molecule has 1 unspecified atom stereocenters. The number of carbonyl (C=O) groups excluding carboxylic acids is 1. The van der Waals surface area contributed by atoms with E-state index in [0.717, 1.165) is 31.6 Å². The fourth-order valence-corrected chi connectivity index (χ4v) is 3.69. The Morgan fingerprint density at radius 1 is 1.12 bits per heavy atom. The normalized spacial score (nSPS) is 22.8. The Balaban J connectivity index is 1.58. The molecule has 6 heteroatoms. The van der Waals surface area contributed by atoms with Gasteiger partial charge in [-0.15, -0.1) is 0 Å². The first-order chi connectivity index (χ1) is 11.4. The van der Waals surface area contributed by atoms with Gasteiger partial charge in [-0.05, 0) is 44.0 Å². The number of hydrogen-bond acceptors (Lipinski definition) is 2. The van der Waals surface area contributed by atoms with Crippen LogP contribution in [0, 0.1) is 0 Å². The largest absolute Gasteiger partial charge is 0.416 e. The third-order valence-corrected chi connectivity index (χ3v) is 5.03. The van der Waals surface area contributed by atoms with E-state index in [0.29, 0.717) is 24.7 Å². The quantitative estimate of drug-likeness (QED) is 0.843. The summed E-state index contributed by atoms with van der Waals surface area (Å²) in [5, 5.41) is 0. The fourth-order valence-electron chi connectivity index (χ4n) is 3.69. The van der Waals surface area contributed by atoms with Crippen molar-refractivity contribution in [2.24, 2.45) is 0 Å². The predicted octanol–water partition coefficient (Wildman–Crippen LogP) is 3.33. The van der Waals surface area contributed by atoms with Gasteiger partial charge < -0.3 is 4.90 Å². The van der Waals surface area contributed by atoms with Crippen molar-refractivity contribution in [3.05, 3.63) is 35.4 Å². The highest BCUT2D eigenvalue weighted by atomic mass is 19.4. The molecule has 1 aromatic carbocycles. The molecule has 2 aliphatic rings. The van der Waals surface area contributed by atoms with E-state index < -0.39 is 11.7 Å². The van der Waals surface area contributed by atoms with E-state index in [-0.39, 0.29) is 12.3 Å². The highest BCUT2D eigenvalue weighted by Gasteiger charge is 2.32. The summed E-state index contributed by atoms with van der Waals surface area (Å²) in [6, 6.07) is 5.49. The summed E-state index contributed by atoms with van der Waals surface area (Å²) >= 11 is 0. The molecule has 1 atom stereocenters. The molecule has 0 aliphatic carbocycles. The molecule has 0 saturated carbocycles. The van der Waals surface area contributed by atoms with Gasteiger partial charge in [-0.1, -0.05) is 24.6 Å². The van der Waals surface area contributed by atoms with Crippen molar-refractivity contribution in [3.63, 3.8) is 0 Å². The maximum atomic E-state index is 12.8. The smallest absolute Gasteiger partial charge is 0.341 e. The van der Waals surface area contributed by atoms with E-state index in [1.165, 1.54) is 25.3 Å². The molecule has 2 fully saturated rings. The molecule has 3 rings (SSSR count). The summed E-state index contributed by atoms with van der Waals surface area (Å²) in [6.45, 7) is 3.61. The third-order valence-electron chi connectivity index (χ3n) is 5.03. The van der Waals surface area contributed by atoms with Crippen molar-refractivity contribution in [2.75, 3.05) is 26.2 Å². The zero-order valence-corrected chi connectivity index (χ0v) is 13.7. The third kappa shape index (κ3) is 4.09. The van der Waals surface area contributed by atoms with E-state index in [1.54, 1.807) is 11.0 Å². The van der Waals surface area contributed by atoms with Crippen LogP contribution in [0.4, 0.5) is 13.2 Å². The number of rotatable bonds is 3. The van der Waals surface area contributed by atoms with Gasteiger partial charge in [0.1, 0.15) is 0 Å². The number of nitrogens with zero attached hydrogens (tertiary/aromatic N) is 2. The summed E-state index contributed by atoms with van der Waals surface area (Å²) < 4.78 is 38.3. The fraction of sp³-hybridized carbons (Fsp3) is 0.611. The minimum Gasteiger partial charge on any atom is -0.341 e. The summed E-state index contributed by atoms with van der Waals surface area (Å²) in [5.74, 6) is -0.0752. The van der Waals surface area contributed by atoms with Crippen LogP contribution >= 0.6 is 0 Å². The summed E-state index contributed by atoms with van der Waals surface area (Å²) in [7, 11) is 0. The number of benzene rings is 1. The second-order valence-corrected chi connectivity index (χ2v) is 6.75. The molecule has 3 nitrogen and oxygen atoms in total. The van der Waals surface area contributed by atoms with Gasteiger partial charge in [0.2, 0.25) is 5.91 Å². The van der Waals surface area contributed by atoms with Crippen LogP contribution in [-0.2, 0) is 17.4 Å². The number of alkyl halides is 3. The first-order valence-corrected chi connectivity index (χ1v) is 8.61. The highest BCUT2D eigenvalue weighted by Crippen LogP contribution is 2.30. The maximum absolute atomic E-state index is 12.8. The molecule has 0 aromatic heterocycles. The van der Waals surface area contributed by atoms with Crippen LogP contribution in [0.2, 0.25) is 0 Å². The van der Waals surface area contributed by atoms with Crippen molar-refractivity contribution in [1.29, 1.82) is 0 Å². The van der Waals surface area contributed by atoms with Crippen LogP contribution in [0.15, 0.2) is 24.3 Å². The highest BCUT2D eigenvalue weighted by molar-refractivity contribution is 5.79. The molecule has 0 N–H and O–H groups in total. The summed E-state index contributed by atoms with van der Waals surface area (Å²) in [6.07, 6.45) is 0.349. The second-order valence-electron chi connectivity index (χ2n) is 6.75. The zero-order chi connectivity index (χ0) is 17.2. The van der Waals surface area contributed by atoms with Gasteiger partial charge in [0.05, 0.1) is 12.0 Å². The van der Waals surface area contributed by atoms with Gasteiger partial charge in [0.25, 0.3) is 0 Å². The average Bonchev–Trinajstić information content (AvgIpc) is 3.05. The Morgan fingerprint density at radius 3 is 2.58 bits per heavy atom. The van der Waals surface area contributed by atoms with Crippen molar-refractivity contribution in [2.45, 2.75) is 44.3 Å². The molecule has 2 heterocycles. The van der Waals surface area contributed by atoms with Gasteiger partial charge in [-0.2, -0.15) is 13.2 Å². The Kier molecular flexibility index (Phi) is 5.13. The van der Waals surface area contributed by atoms with Gasteiger partial charge in [0, 0.05) is 19.1 Å². The number of amides is 1. The lowest BCUT2D eigenvalue weighted by atomic mass is 10.1. The van der Waals surface area contributed by atoms with Crippen LogP contribution < -0.4 is 0 Å². The molecule has 132 valence electrons. The Bertz CT molecular complexity index is 582. The van der Waals surface area contributed by atoms with E-state index >= 15 is 0 Å². The lowest BCUT2D eigenvalue weighted by Gasteiger charge is -2.32. The molecule has 2 aliphatic heterocycles. The SMILES string of the molecule is O=C(Cc1cccc(C(F)(F)F)c1)N1CCC(N2CCCCC2)C1. The lowest BCUT2D eigenvalue weighted by molar-refractivity contribution is -0.138. The molecule has 0 radical (unpaired) electrons. The van der Waals surface area contributed by atoms with Gasteiger partial charge >= 0.3 is 6.18 Å². The standard InChI is InChI=1S/C18H23F3N2O/c19-18(20,21)15-6-4-5-14(11-15)12-17(24)23-10-7-16(13-23)22-8-2-1-3-9-22/h4-6,11,16H,1-3,7-10,12-13H2. The monoisotopic (exact) mass is 340 g/mol. The number of halogens is 3. The number of carbonyl (C=O) groups is 1. The molecular weight excluding hydrogens is 317 g/mol. The molecule has 0 bridgehead atoms. The van der Waals surface area contributed by atoms with Crippen molar-refractivity contribution in [1.82, 2.24) is 9.80 Å². The number of piperidine rings is 1. The van der Waals surface area contributed by atoms with Crippen LogP contribution in [-0.4, -0.2) is 47.9 Å². The topological polar surface area (TPSA) is 23.6 Å². The van der Waals surface area contributed by atoms with Crippen LogP contribution in [0.3, 0.4) is 0 Å². The molecule has 0 spiro atoms. The van der Waals surface area contributed by atoms with Crippen molar-refractivity contribution >= 4 is 5.91 Å². The summed E-state index contributed by atoms with van der Waals surface area (Å²) in [5.41, 5.74) is -0.267. The van der Waals surface area contributed by atoms with E-state index in [9.17, 15) is 18.0 Å². The van der Waals surface area contributed by atoms with Crippen LogP contribution in [0.1, 0.15) is 36.8 Å². The zero-order valence-electron chi connectivity index (χ0n) is 13.7. The number of hydrogen-bond donors (Lipinski definition) is 0. The maximum Gasteiger partial charge on any atom is 0.416 e. The predicted molar refractivity (Wildman–Crippen MR) is 85.6 cm³/mol. The average molecular weight is 340 g/mol. The minimum absolute atomic E-state index is 0.0383. The molecule has 1 amide bonds. The molecule has 1 aromatic rings. The van der Waals surface area contributed by atoms with Crippen molar-refractivity contribution in [3.8, 4) is 0 Å². The van der Waals surface area contributed by atoms with Crippen molar-refractivity contribution < 1.29 is 18.0 Å². The lowest BCUT2D eigenvalue weighted by Crippen LogP contribution is -2.41. The van der Waals surface area contributed by atoms with Gasteiger partial charge in [-0.25, -0.2) is 0 Å². The van der Waals surface area contributed by atoms with Gasteiger partial charge in [0.15, 0.2) is 0 Å². The van der Waals surface area contributed by atoms with E-state index in [4.69, 9.17) is 0 Å². The first-order valence-electron chi connectivity index (χ1n) is 8.61. The molecule has 24 heavy (non-hydrogen) atoms. The summed E-state index contributed by atoms with van der Waals surface area (Å²) in [4.78, 5) is 16.7. The Labute approximate surface area is 140 Å². The first kappa shape index (κ1) is 17.3. The minimum atomic E-state index is -4.37. The van der Waals surface area contributed by atoms with Crippen LogP contribution in [0.25, 0.3) is 0 Å². The van der Waals surface area contributed by atoms with Crippen LogP contribution in [0.5, 0.6) is 0 Å². The molecule has 2 saturated heterocycles. The van der Waals surface area contributed by atoms with Gasteiger partial charge in [-0.3, -0.25) is 9.69 Å². The van der Waals surface area contributed by atoms with E-state index in [2.05, 4.69) is 4.90 Å². The Morgan fingerprint density at radius 2 is 1.88 bits per heavy atom. The Hall–Kier alpha value is -1.56. The number of likely N-dealkylation sites (tertiary alicyclic amines) is 2.